The van der Waals surface area contributed by atoms with Gasteiger partial charge in [0.1, 0.15) is 16.9 Å². The Balaban J connectivity index is 1.62. The number of rotatable bonds is 3. The summed E-state index contributed by atoms with van der Waals surface area (Å²) in [4.78, 5) is 6.88. The van der Waals surface area contributed by atoms with Crippen LogP contribution in [0.2, 0.25) is 0 Å². The van der Waals surface area contributed by atoms with Crippen LogP contribution in [0, 0.1) is 6.92 Å². The van der Waals surface area contributed by atoms with Gasteiger partial charge in [-0.05, 0) is 48.3 Å². The van der Waals surface area contributed by atoms with Crippen molar-refractivity contribution in [1.29, 1.82) is 0 Å². The van der Waals surface area contributed by atoms with Gasteiger partial charge in [-0.1, -0.05) is 12.1 Å². The zero-order chi connectivity index (χ0) is 14.2. The number of aromatic nitrogens is 5. The number of aryl methyl sites for hydroxylation is 1. The maximum absolute atomic E-state index is 4.84. The summed E-state index contributed by atoms with van der Waals surface area (Å²) in [6, 6.07) is 6.25. The molecule has 1 aliphatic heterocycles. The average Bonchev–Trinajstić information content (AvgIpc) is 3.18. The van der Waals surface area contributed by atoms with Gasteiger partial charge >= 0.3 is 0 Å². The van der Waals surface area contributed by atoms with E-state index in [2.05, 4.69) is 36.5 Å². The first-order valence-corrected chi connectivity index (χ1v) is 7.14. The highest BCUT2D eigenvalue weighted by molar-refractivity contribution is 5.76. The highest BCUT2D eigenvalue weighted by Gasteiger charge is 2.29. The van der Waals surface area contributed by atoms with Gasteiger partial charge in [0.15, 0.2) is 5.82 Å². The van der Waals surface area contributed by atoms with Crippen LogP contribution in [0.4, 0.5) is 0 Å². The number of nitrogens with one attached hydrogen (secondary N) is 1. The van der Waals surface area contributed by atoms with Gasteiger partial charge in [0.05, 0.1) is 6.04 Å². The molecule has 2 aromatic heterocycles. The molecule has 3 aromatic rings. The summed E-state index contributed by atoms with van der Waals surface area (Å²) in [7, 11) is 0. The van der Waals surface area contributed by atoms with Crippen LogP contribution in [0.1, 0.15) is 36.1 Å². The van der Waals surface area contributed by atoms with Gasteiger partial charge in [-0.15, -0.1) is 0 Å². The van der Waals surface area contributed by atoms with Gasteiger partial charge in [0.25, 0.3) is 0 Å². The second kappa shape index (κ2) is 4.92. The molecule has 1 saturated heterocycles. The van der Waals surface area contributed by atoms with Gasteiger partial charge in [0.2, 0.25) is 0 Å². The number of H-pyrrole nitrogens is 1. The predicted molar refractivity (Wildman–Crippen MR) is 75.3 cm³/mol. The van der Waals surface area contributed by atoms with Crippen LogP contribution >= 0.6 is 0 Å². The van der Waals surface area contributed by atoms with Crippen LogP contribution in [0.3, 0.4) is 0 Å². The molecule has 1 atom stereocenters. The van der Waals surface area contributed by atoms with E-state index in [1.165, 1.54) is 0 Å². The first kappa shape index (κ1) is 12.5. The Bertz CT molecular complexity index is 764. The molecule has 0 bridgehead atoms. The number of benzene rings is 1. The second-order valence-electron chi connectivity index (χ2n) is 5.46. The van der Waals surface area contributed by atoms with E-state index in [0.717, 1.165) is 54.2 Å². The van der Waals surface area contributed by atoms with Crippen molar-refractivity contribution in [3.63, 3.8) is 0 Å². The van der Waals surface area contributed by atoms with E-state index in [4.69, 9.17) is 4.63 Å². The molecule has 0 spiro atoms. The summed E-state index contributed by atoms with van der Waals surface area (Å²) >= 11 is 0. The SMILES string of the molecule is Cc1nc([C@@H]2CCCN2Cc2cccc3nonc23)n[nH]1. The van der Waals surface area contributed by atoms with Crippen LogP contribution in [-0.4, -0.2) is 36.9 Å². The van der Waals surface area contributed by atoms with Gasteiger partial charge in [0, 0.05) is 6.54 Å². The Morgan fingerprint density at radius 3 is 3.19 bits per heavy atom. The van der Waals surface area contributed by atoms with Gasteiger partial charge in [-0.3, -0.25) is 10.00 Å². The first-order chi connectivity index (χ1) is 10.3. The molecule has 7 nitrogen and oxygen atoms in total. The van der Waals surface area contributed by atoms with E-state index < -0.39 is 0 Å². The minimum Gasteiger partial charge on any atom is -0.289 e. The molecule has 1 N–H and O–H groups in total. The molecule has 0 saturated carbocycles. The molecule has 0 radical (unpaired) electrons. The molecule has 0 unspecified atom stereocenters. The van der Waals surface area contributed by atoms with Crippen molar-refractivity contribution < 1.29 is 4.63 Å². The van der Waals surface area contributed by atoms with Crippen molar-refractivity contribution in [1.82, 2.24) is 30.4 Å². The lowest BCUT2D eigenvalue weighted by Crippen LogP contribution is -2.23. The van der Waals surface area contributed by atoms with E-state index >= 15 is 0 Å². The molecule has 1 fully saturated rings. The highest BCUT2D eigenvalue weighted by atomic mass is 16.6. The molecule has 1 aliphatic rings. The van der Waals surface area contributed by atoms with Crippen molar-refractivity contribution in [3.05, 3.63) is 35.4 Å². The molecule has 7 heteroatoms. The zero-order valence-corrected chi connectivity index (χ0v) is 11.8. The van der Waals surface area contributed by atoms with Crippen molar-refractivity contribution in [2.45, 2.75) is 32.4 Å². The molecule has 3 heterocycles. The van der Waals surface area contributed by atoms with Crippen LogP contribution in [0.25, 0.3) is 11.0 Å². The van der Waals surface area contributed by atoms with Crippen molar-refractivity contribution in [2.75, 3.05) is 6.54 Å². The summed E-state index contributed by atoms with van der Waals surface area (Å²) in [5, 5.41) is 15.2. The number of aromatic amines is 1. The molecular weight excluding hydrogens is 268 g/mol. The van der Waals surface area contributed by atoms with Crippen molar-refractivity contribution >= 4 is 11.0 Å². The van der Waals surface area contributed by atoms with Crippen LogP contribution in [0.5, 0.6) is 0 Å². The van der Waals surface area contributed by atoms with E-state index in [0.29, 0.717) is 0 Å². The highest BCUT2D eigenvalue weighted by Crippen LogP contribution is 2.32. The maximum Gasteiger partial charge on any atom is 0.167 e. The molecule has 21 heavy (non-hydrogen) atoms. The fourth-order valence-corrected chi connectivity index (χ4v) is 3.03. The molecule has 0 aliphatic carbocycles. The van der Waals surface area contributed by atoms with E-state index in [1.807, 2.05) is 19.1 Å². The lowest BCUT2D eigenvalue weighted by molar-refractivity contribution is 0.240. The summed E-state index contributed by atoms with van der Waals surface area (Å²) in [6.07, 6.45) is 2.25. The third-order valence-corrected chi connectivity index (χ3v) is 4.02. The third-order valence-electron chi connectivity index (χ3n) is 4.02. The average molecular weight is 284 g/mol. The van der Waals surface area contributed by atoms with E-state index in [1.54, 1.807) is 0 Å². The number of nitrogens with zero attached hydrogens (tertiary/aromatic N) is 5. The zero-order valence-electron chi connectivity index (χ0n) is 11.8. The van der Waals surface area contributed by atoms with Crippen molar-refractivity contribution in [2.24, 2.45) is 0 Å². The lowest BCUT2D eigenvalue weighted by atomic mass is 10.1. The Hall–Kier alpha value is -2.28. The fraction of sp³-hybridized carbons (Fsp3) is 0.429. The number of hydrogen-bond acceptors (Lipinski definition) is 6. The normalized spacial score (nSPS) is 19.6. The van der Waals surface area contributed by atoms with E-state index in [-0.39, 0.29) is 6.04 Å². The number of fused-ring (bicyclic) bond motifs is 1. The lowest BCUT2D eigenvalue weighted by Gasteiger charge is -2.22. The molecule has 4 rings (SSSR count). The summed E-state index contributed by atoms with van der Waals surface area (Å²) < 4.78 is 4.84. The molecule has 108 valence electrons. The predicted octanol–water partition coefficient (Wildman–Crippen LogP) is 1.99. The second-order valence-corrected chi connectivity index (χ2v) is 5.46. The molecular formula is C14H16N6O. The topological polar surface area (TPSA) is 83.7 Å². The first-order valence-electron chi connectivity index (χ1n) is 7.14. The maximum atomic E-state index is 4.84. The number of hydrogen-bond donors (Lipinski definition) is 1. The monoisotopic (exact) mass is 284 g/mol. The van der Waals surface area contributed by atoms with E-state index in [9.17, 15) is 0 Å². The van der Waals surface area contributed by atoms with Gasteiger partial charge in [-0.25, -0.2) is 9.61 Å². The quantitative estimate of drug-likeness (QED) is 0.791. The third kappa shape index (κ3) is 2.19. The Morgan fingerprint density at radius 2 is 2.33 bits per heavy atom. The van der Waals surface area contributed by atoms with Gasteiger partial charge < -0.3 is 0 Å². The number of likely N-dealkylation sites (tertiary alicyclic amines) is 1. The minimum absolute atomic E-state index is 0.269. The fourth-order valence-electron chi connectivity index (χ4n) is 3.03. The Morgan fingerprint density at radius 1 is 1.38 bits per heavy atom. The Labute approximate surface area is 121 Å². The molecule has 0 amide bonds. The summed E-state index contributed by atoms with van der Waals surface area (Å²) in [5.74, 6) is 1.75. The standard InChI is InChI=1S/C14H16N6O/c1-9-15-14(17-16-9)12-6-3-7-20(12)8-10-4-2-5-11-13(10)19-21-18-11/h2,4-5,12H,3,6-8H2,1H3,(H,15,16,17)/t12-/m0/s1. The largest absolute Gasteiger partial charge is 0.289 e. The smallest absolute Gasteiger partial charge is 0.167 e. The summed E-state index contributed by atoms with van der Waals surface area (Å²) in [5.41, 5.74) is 2.78. The molecule has 1 aromatic carbocycles. The van der Waals surface area contributed by atoms with Crippen LogP contribution < -0.4 is 0 Å². The summed E-state index contributed by atoms with van der Waals surface area (Å²) in [6.45, 7) is 3.78. The van der Waals surface area contributed by atoms with Crippen LogP contribution in [-0.2, 0) is 6.54 Å². The Kier molecular flexibility index (Phi) is 2.92. The van der Waals surface area contributed by atoms with Gasteiger partial charge in [-0.2, -0.15) is 5.10 Å². The van der Waals surface area contributed by atoms with Crippen LogP contribution in [0.15, 0.2) is 22.8 Å². The minimum atomic E-state index is 0.269. The van der Waals surface area contributed by atoms with Crippen molar-refractivity contribution in [3.8, 4) is 0 Å².